The van der Waals surface area contributed by atoms with Gasteiger partial charge < -0.3 is 15.2 Å². The minimum Gasteiger partial charge on any atom is -0.495 e. The van der Waals surface area contributed by atoms with Gasteiger partial charge in [-0.25, -0.2) is 8.78 Å². The number of carbonyl (C=O) groups is 1. The quantitative estimate of drug-likeness (QED) is 0.828. The second-order valence-electron chi connectivity index (χ2n) is 6.50. The van der Waals surface area contributed by atoms with Gasteiger partial charge in [0, 0.05) is 12.3 Å². The molecule has 3 rings (SSSR count). The van der Waals surface area contributed by atoms with Gasteiger partial charge in [0.05, 0.1) is 31.9 Å². The number of aromatic nitrogens is 1. The molecule has 2 aromatic rings. The SMILES string of the molecule is COc1cncc([C@H](NC(=O)Cc2ccc(F)cc2F)C2CC(O)C2)c1. The summed E-state index contributed by atoms with van der Waals surface area (Å²) in [6.07, 6.45) is 3.74. The van der Waals surface area contributed by atoms with Crippen molar-refractivity contribution in [2.75, 3.05) is 7.11 Å². The van der Waals surface area contributed by atoms with Crippen LogP contribution in [0.15, 0.2) is 36.7 Å². The van der Waals surface area contributed by atoms with Gasteiger partial charge in [-0.1, -0.05) is 6.07 Å². The molecule has 1 amide bonds. The number of hydrogen-bond donors (Lipinski definition) is 2. The predicted octanol–water partition coefficient (Wildman–Crippen LogP) is 2.54. The lowest BCUT2D eigenvalue weighted by molar-refractivity contribution is -0.122. The van der Waals surface area contributed by atoms with Gasteiger partial charge in [-0.3, -0.25) is 9.78 Å². The third kappa shape index (κ3) is 4.16. The molecule has 0 aliphatic heterocycles. The van der Waals surface area contributed by atoms with Crippen LogP contribution in [0.3, 0.4) is 0 Å². The largest absolute Gasteiger partial charge is 0.495 e. The van der Waals surface area contributed by atoms with Crippen molar-refractivity contribution >= 4 is 5.91 Å². The van der Waals surface area contributed by atoms with Crippen molar-refractivity contribution in [3.05, 3.63) is 59.4 Å². The molecule has 1 heterocycles. The molecule has 0 unspecified atom stereocenters. The molecule has 138 valence electrons. The highest BCUT2D eigenvalue weighted by Gasteiger charge is 2.36. The molecule has 2 N–H and O–H groups in total. The standard InChI is InChI=1S/C19H20F2N2O3/c1-26-16-6-13(9-22-10-16)19(12-4-15(24)5-12)23-18(25)7-11-2-3-14(20)8-17(11)21/h2-3,6,8-10,12,15,19,24H,4-5,7H2,1H3,(H,23,25)/t12?,15?,19-/m1/s1. The number of ether oxygens (including phenoxy) is 1. The van der Waals surface area contributed by atoms with Crippen molar-refractivity contribution in [1.82, 2.24) is 10.3 Å². The Morgan fingerprint density at radius 1 is 1.35 bits per heavy atom. The summed E-state index contributed by atoms with van der Waals surface area (Å²) in [4.78, 5) is 16.5. The number of halogens is 2. The molecule has 1 atom stereocenters. The molecule has 7 heteroatoms. The summed E-state index contributed by atoms with van der Waals surface area (Å²) in [6.45, 7) is 0. The fraction of sp³-hybridized carbons (Fsp3) is 0.368. The van der Waals surface area contributed by atoms with Crippen LogP contribution in [0.25, 0.3) is 0 Å². The lowest BCUT2D eigenvalue weighted by Crippen LogP contribution is -2.42. The first-order valence-electron chi connectivity index (χ1n) is 8.36. The van der Waals surface area contributed by atoms with Gasteiger partial charge >= 0.3 is 0 Å². The average molecular weight is 362 g/mol. The number of nitrogens with zero attached hydrogens (tertiary/aromatic N) is 1. The zero-order valence-electron chi connectivity index (χ0n) is 14.3. The molecule has 0 saturated heterocycles. The molecule has 1 fully saturated rings. The van der Waals surface area contributed by atoms with Crippen LogP contribution in [0.2, 0.25) is 0 Å². The monoisotopic (exact) mass is 362 g/mol. The second kappa shape index (κ2) is 7.78. The number of aliphatic hydroxyl groups is 1. The first kappa shape index (κ1) is 18.3. The van der Waals surface area contributed by atoms with Crippen molar-refractivity contribution in [3.63, 3.8) is 0 Å². The molecule has 0 bridgehead atoms. The fourth-order valence-corrected chi connectivity index (χ4v) is 3.16. The molecule has 1 saturated carbocycles. The number of nitrogens with one attached hydrogen (secondary N) is 1. The summed E-state index contributed by atoms with van der Waals surface area (Å²) in [5.74, 6) is -1.20. The Bertz CT molecular complexity index is 794. The summed E-state index contributed by atoms with van der Waals surface area (Å²) in [7, 11) is 1.53. The molecule has 1 aromatic carbocycles. The Morgan fingerprint density at radius 2 is 2.12 bits per heavy atom. The molecule has 1 aliphatic carbocycles. The highest BCUT2D eigenvalue weighted by molar-refractivity contribution is 5.79. The van der Waals surface area contributed by atoms with Crippen LogP contribution in [0.5, 0.6) is 5.75 Å². The van der Waals surface area contributed by atoms with E-state index in [1.165, 1.54) is 13.2 Å². The van der Waals surface area contributed by atoms with Gasteiger partial charge in [-0.05, 0) is 42.0 Å². The topological polar surface area (TPSA) is 71.5 Å². The number of amides is 1. The average Bonchev–Trinajstić information content (AvgIpc) is 2.60. The lowest BCUT2D eigenvalue weighted by Gasteiger charge is -2.38. The number of hydrogen-bond acceptors (Lipinski definition) is 4. The van der Waals surface area contributed by atoms with E-state index in [1.807, 2.05) is 0 Å². The van der Waals surface area contributed by atoms with E-state index in [2.05, 4.69) is 10.3 Å². The Labute approximate surface area is 150 Å². The zero-order valence-corrected chi connectivity index (χ0v) is 14.3. The summed E-state index contributed by atoms with van der Waals surface area (Å²) in [5, 5.41) is 12.5. The minimum absolute atomic E-state index is 0.0564. The number of pyridine rings is 1. The van der Waals surface area contributed by atoms with Crippen molar-refractivity contribution in [2.24, 2.45) is 5.92 Å². The van der Waals surface area contributed by atoms with Crippen LogP contribution >= 0.6 is 0 Å². The Hall–Kier alpha value is -2.54. The van der Waals surface area contributed by atoms with E-state index in [0.717, 1.165) is 17.7 Å². The van der Waals surface area contributed by atoms with Crippen molar-refractivity contribution < 1.29 is 23.4 Å². The van der Waals surface area contributed by atoms with E-state index in [4.69, 9.17) is 4.74 Å². The van der Waals surface area contributed by atoms with Gasteiger partial charge in [0.15, 0.2) is 0 Å². The van der Waals surface area contributed by atoms with Crippen LogP contribution in [0.4, 0.5) is 8.78 Å². The summed E-state index contributed by atoms with van der Waals surface area (Å²) in [5.41, 5.74) is 0.884. The number of benzene rings is 1. The number of aliphatic hydroxyl groups excluding tert-OH is 1. The third-order valence-electron chi connectivity index (χ3n) is 4.63. The van der Waals surface area contributed by atoms with E-state index >= 15 is 0 Å². The van der Waals surface area contributed by atoms with Gasteiger partial charge in [-0.2, -0.15) is 0 Å². The molecular formula is C19H20F2N2O3. The first-order chi connectivity index (χ1) is 12.5. The van der Waals surface area contributed by atoms with Crippen LogP contribution in [0, 0.1) is 17.6 Å². The molecular weight excluding hydrogens is 342 g/mol. The van der Waals surface area contributed by atoms with Gasteiger partial charge in [-0.15, -0.1) is 0 Å². The number of carbonyl (C=O) groups excluding carboxylic acids is 1. The molecule has 5 nitrogen and oxygen atoms in total. The fourth-order valence-electron chi connectivity index (χ4n) is 3.16. The van der Waals surface area contributed by atoms with Crippen molar-refractivity contribution in [2.45, 2.75) is 31.4 Å². The van der Waals surface area contributed by atoms with Gasteiger partial charge in [0.2, 0.25) is 5.91 Å². The van der Waals surface area contributed by atoms with Crippen molar-refractivity contribution in [1.29, 1.82) is 0 Å². The van der Waals surface area contributed by atoms with Gasteiger partial charge in [0.1, 0.15) is 17.4 Å². The molecule has 0 spiro atoms. The maximum absolute atomic E-state index is 13.8. The van der Waals surface area contributed by atoms with Crippen LogP contribution in [-0.2, 0) is 11.2 Å². The zero-order chi connectivity index (χ0) is 18.7. The van der Waals surface area contributed by atoms with E-state index in [1.54, 1.807) is 18.5 Å². The summed E-state index contributed by atoms with van der Waals surface area (Å²) in [6, 6.07) is 4.56. The smallest absolute Gasteiger partial charge is 0.225 e. The Kier molecular flexibility index (Phi) is 5.46. The molecule has 1 aromatic heterocycles. The highest BCUT2D eigenvalue weighted by Crippen LogP contribution is 2.38. The highest BCUT2D eigenvalue weighted by atomic mass is 19.1. The van der Waals surface area contributed by atoms with Gasteiger partial charge in [0.25, 0.3) is 0 Å². The maximum atomic E-state index is 13.8. The summed E-state index contributed by atoms with van der Waals surface area (Å²) >= 11 is 0. The Morgan fingerprint density at radius 3 is 2.77 bits per heavy atom. The van der Waals surface area contributed by atoms with E-state index in [0.29, 0.717) is 18.6 Å². The Balaban J connectivity index is 1.75. The van der Waals surface area contributed by atoms with Crippen LogP contribution in [-0.4, -0.2) is 29.2 Å². The van der Waals surface area contributed by atoms with Crippen LogP contribution in [0.1, 0.15) is 30.0 Å². The number of methoxy groups -OCH3 is 1. The third-order valence-corrected chi connectivity index (χ3v) is 4.63. The number of rotatable bonds is 6. The van der Waals surface area contributed by atoms with E-state index < -0.39 is 11.6 Å². The molecule has 0 radical (unpaired) electrons. The lowest BCUT2D eigenvalue weighted by atomic mass is 9.75. The van der Waals surface area contributed by atoms with Crippen LogP contribution < -0.4 is 10.1 Å². The normalized spacial score (nSPS) is 20.2. The van der Waals surface area contributed by atoms with E-state index in [9.17, 15) is 18.7 Å². The summed E-state index contributed by atoms with van der Waals surface area (Å²) < 4.78 is 32.0. The predicted molar refractivity (Wildman–Crippen MR) is 90.5 cm³/mol. The first-order valence-corrected chi connectivity index (χ1v) is 8.36. The molecule has 1 aliphatic rings. The maximum Gasteiger partial charge on any atom is 0.225 e. The minimum atomic E-state index is -0.751. The second-order valence-corrected chi connectivity index (χ2v) is 6.50. The van der Waals surface area contributed by atoms with E-state index in [-0.39, 0.29) is 36.0 Å². The molecule has 26 heavy (non-hydrogen) atoms. The van der Waals surface area contributed by atoms with Crippen molar-refractivity contribution in [3.8, 4) is 5.75 Å².